The molecule has 0 spiro atoms. The number of aliphatic hydroxyl groups is 11. The van der Waals surface area contributed by atoms with Crippen molar-refractivity contribution >= 4 is 5.91 Å². The molecule has 17 unspecified atom stereocenters. The molecule has 83 heavy (non-hydrogen) atoms. The van der Waals surface area contributed by atoms with E-state index in [0.717, 1.165) is 57.8 Å². The molecule has 17 atom stereocenters. The molecule has 1 amide bonds. The van der Waals surface area contributed by atoms with Crippen LogP contribution in [0.15, 0.2) is 24.3 Å². The van der Waals surface area contributed by atoms with E-state index in [1.165, 1.54) is 161 Å². The van der Waals surface area contributed by atoms with E-state index in [9.17, 15) is 61.0 Å². The predicted molar refractivity (Wildman–Crippen MR) is 319 cm³/mol. The number of hydrogen-bond acceptors (Lipinski definition) is 18. The maximum Gasteiger partial charge on any atom is 0.220 e. The summed E-state index contributed by atoms with van der Waals surface area (Å²) < 4.78 is 34.3. The van der Waals surface area contributed by atoms with E-state index in [-0.39, 0.29) is 18.9 Å². The number of carbonyl (C=O) groups excluding carboxylic acids is 1. The van der Waals surface area contributed by atoms with E-state index in [2.05, 4.69) is 31.3 Å². The second-order valence-corrected chi connectivity index (χ2v) is 23.9. The molecule has 12 N–H and O–H groups in total. The Balaban J connectivity index is 1.47. The van der Waals surface area contributed by atoms with Gasteiger partial charge in [-0.05, 0) is 44.9 Å². The van der Waals surface area contributed by atoms with Crippen LogP contribution in [0.3, 0.4) is 0 Å². The minimum Gasteiger partial charge on any atom is -0.394 e. The van der Waals surface area contributed by atoms with Crippen LogP contribution in [-0.2, 0) is 33.2 Å². The number of allylic oxidation sites excluding steroid dienone is 3. The maximum absolute atomic E-state index is 13.4. The van der Waals surface area contributed by atoms with Gasteiger partial charge in [-0.25, -0.2) is 0 Å². The molecule has 3 aliphatic heterocycles. The summed E-state index contributed by atoms with van der Waals surface area (Å²) in [6.07, 6.45) is 24.3. The van der Waals surface area contributed by atoms with Crippen LogP contribution in [-0.4, -0.2) is 193 Å². The summed E-state index contributed by atoms with van der Waals surface area (Å²) >= 11 is 0. The van der Waals surface area contributed by atoms with Crippen LogP contribution in [0.1, 0.15) is 245 Å². The summed E-state index contributed by atoms with van der Waals surface area (Å²) in [5.41, 5.74) is 0. The summed E-state index contributed by atoms with van der Waals surface area (Å²) in [4.78, 5) is 13.4. The van der Waals surface area contributed by atoms with Crippen molar-refractivity contribution in [2.75, 3.05) is 26.4 Å². The van der Waals surface area contributed by atoms with Crippen LogP contribution in [0, 0.1) is 0 Å². The number of ether oxygens (including phenoxy) is 6. The number of nitrogens with one attached hydrogen (secondary N) is 1. The van der Waals surface area contributed by atoms with Crippen molar-refractivity contribution in [3.8, 4) is 0 Å². The number of aliphatic hydroxyl groups excluding tert-OH is 11. The summed E-state index contributed by atoms with van der Waals surface area (Å²) in [6.45, 7) is 1.74. The molecule has 3 fully saturated rings. The molecule has 3 heterocycles. The quantitative estimate of drug-likeness (QED) is 0.0207. The Bertz CT molecular complexity index is 1610. The van der Waals surface area contributed by atoms with E-state index >= 15 is 0 Å². The molecule has 0 radical (unpaired) electrons. The van der Waals surface area contributed by atoms with Gasteiger partial charge in [0.25, 0.3) is 0 Å². The van der Waals surface area contributed by atoms with E-state index in [4.69, 9.17) is 28.4 Å². The van der Waals surface area contributed by atoms with Crippen LogP contribution in [0.25, 0.3) is 0 Å². The normalized spacial score (nSPS) is 29.5. The first kappa shape index (κ1) is 75.5. The fraction of sp³-hybridized carbons (Fsp3) is 0.922. The first-order chi connectivity index (χ1) is 40.3. The van der Waals surface area contributed by atoms with E-state index in [1.54, 1.807) is 6.08 Å². The fourth-order valence-corrected chi connectivity index (χ4v) is 11.3. The molecule has 19 nitrogen and oxygen atoms in total. The minimum atomic E-state index is -1.98. The third kappa shape index (κ3) is 30.4. The molecule has 0 saturated carbocycles. The molecular weight excluding hydrogens is 1070 g/mol. The van der Waals surface area contributed by atoms with Crippen LogP contribution in [0.5, 0.6) is 0 Å². The van der Waals surface area contributed by atoms with Crippen molar-refractivity contribution in [2.24, 2.45) is 0 Å². The number of rotatable bonds is 50. The monoisotopic (exact) mass is 1190 g/mol. The van der Waals surface area contributed by atoms with Gasteiger partial charge < -0.3 is 89.9 Å². The van der Waals surface area contributed by atoms with Crippen LogP contribution in [0.4, 0.5) is 0 Å². The van der Waals surface area contributed by atoms with E-state index in [0.29, 0.717) is 6.42 Å². The van der Waals surface area contributed by atoms with Gasteiger partial charge in [-0.2, -0.15) is 0 Å². The van der Waals surface area contributed by atoms with Gasteiger partial charge in [0.1, 0.15) is 73.2 Å². The standard InChI is InChI=1S/C64H119NO18/c1-3-5-7-9-11-13-15-17-19-21-22-23-24-26-27-29-31-33-35-37-39-41-48(69)47(65-52(70)42-40-38-36-34-32-30-28-25-20-18-16-14-12-10-8-6-4-2)46-78-62-58(76)55(73)60(50(44-67)80-62)83-64-59(77)56(74)61(51(45-68)81-64)82-63-57(75)54(72)53(71)49(43-66)79-63/h18,20,39,41,47-51,53-64,66-69,71-77H,3-17,19,21-38,40,42-46H2,1-2H3,(H,65,70)/b20-18-,41-39+. The average molecular weight is 1190 g/mol. The zero-order valence-corrected chi connectivity index (χ0v) is 51.2. The highest BCUT2D eigenvalue weighted by Gasteiger charge is 2.53. The van der Waals surface area contributed by atoms with Crippen molar-refractivity contribution in [1.29, 1.82) is 0 Å². The number of amides is 1. The second-order valence-electron chi connectivity index (χ2n) is 23.9. The summed E-state index contributed by atoms with van der Waals surface area (Å²) in [5, 5.41) is 120. The lowest BCUT2D eigenvalue weighted by Gasteiger charge is -2.48. The lowest BCUT2D eigenvalue weighted by Crippen LogP contribution is -2.66. The second kappa shape index (κ2) is 47.3. The fourth-order valence-electron chi connectivity index (χ4n) is 11.3. The molecule has 0 bridgehead atoms. The van der Waals surface area contributed by atoms with Gasteiger partial charge in [-0.3, -0.25) is 4.79 Å². The third-order valence-corrected chi connectivity index (χ3v) is 16.7. The van der Waals surface area contributed by atoms with Crippen molar-refractivity contribution < 1.29 is 89.4 Å². The molecule has 0 aromatic rings. The van der Waals surface area contributed by atoms with Crippen molar-refractivity contribution in [1.82, 2.24) is 5.32 Å². The molecule has 0 aromatic carbocycles. The van der Waals surface area contributed by atoms with Gasteiger partial charge in [-0.1, -0.05) is 218 Å². The van der Waals surface area contributed by atoms with E-state index in [1.807, 2.05) is 6.08 Å². The molecule has 0 aromatic heterocycles. The Morgan fingerprint density at radius 1 is 0.422 bits per heavy atom. The highest BCUT2D eigenvalue weighted by molar-refractivity contribution is 5.76. The lowest BCUT2D eigenvalue weighted by molar-refractivity contribution is -0.379. The summed E-state index contributed by atoms with van der Waals surface area (Å²) in [7, 11) is 0. The van der Waals surface area contributed by atoms with Crippen LogP contribution >= 0.6 is 0 Å². The molecule has 3 rings (SSSR count). The smallest absolute Gasteiger partial charge is 0.220 e. The zero-order valence-electron chi connectivity index (χ0n) is 51.2. The lowest BCUT2D eigenvalue weighted by atomic mass is 9.96. The molecule has 3 saturated heterocycles. The van der Waals surface area contributed by atoms with E-state index < -0.39 is 124 Å². The zero-order chi connectivity index (χ0) is 60.5. The van der Waals surface area contributed by atoms with Crippen molar-refractivity contribution in [3.63, 3.8) is 0 Å². The molecule has 488 valence electrons. The first-order valence-corrected chi connectivity index (χ1v) is 33.1. The highest BCUT2D eigenvalue weighted by Crippen LogP contribution is 2.33. The topological polar surface area (TPSA) is 307 Å². The SMILES string of the molecule is CCCCCCCC/C=C\CCCCCCCCCC(=O)NC(COC1OC(CO)C(OC2OC(CO)C(OC3OC(CO)C(O)C(O)C3O)C(O)C2O)C(O)C1O)C(O)/C=C/CCCCCCCCCCCCCCCCCCCCC. The predicted octanol–water partition coefficient (Wildman–Crippen LogP) is 7.49. The average Bonchev–Trinajstić information content (AvgIpc) is 3.35. The molecular formula is C64H119NO18. The van der Waals surface area contributed by atoms with Gasteiger partial charge in [-0.15, -0.1) is 0 Å². The Morgan fingerprint density at radius 2 is 0.759 bits per heavy atom. The number of carbonyl (C=O) groups is 1. The Morgan fingerprint density at radius 3 is 1.17 bits per heavy atom. The molecule has 0 aliphatic carbocycles. The van der Waals surface area contributed by atoms with Crippen molar-refractivity contribution in [3.05, 3.63) is 24.3 Å². The summed E-state index contributed by atoms with van der Waals surface area (Å²) in [6, 6.07) is -0.973. The van der Waals surface area contributed by atoms with Gasteiger partial charge in [0.15, 0.2) is 18.9 Å². The maximum atomic E-state index is 13.4. The minimum absolute atomic E-state index is 0.240. The largest absolute Gasteiger partial charge is 0.394 e. The van der Waals surface area contributed by atoms with Crippen LogP contribution in [0.2, 0.25) is 0 Å². The van der Waals surface area contributed by atoms with Crippen LogP contribution < -0.4 is 5.32 Å². The highest BCUT2D eigenvalue weighted by atomic mass is 16.8. The molecule has 3 aliphatic rings. The van der Waals surface area contributed by atoms with Gasteiger partial charge in [0.2, 0.25) is 5.91 Å². The summed E-state index contributed by atoms with van der Waals surface area (Å²) in [5.74, 6) is -0.278. The Kier molecular flexibility index (Phi) is 43.0. The Labute approximate surface area is 498 Å². The first-order valence-electron chi connectivity index (χ1n) is 33.1. The number of hydrogen-bond donors (Lipinski definition) is 12. The van der Waals surface area contributed by atoms with Gasteiger partial charge in [0.05, 0.1) is 38.6 Å². The Hall–Kier alpha value is -1.73. The number of unbranched alkanes of at least 4 members (excludes halogenated alkanes) is 32. The molecule has 19 heteroatoms. The third-order valence-electron chi connectivity index (χ3n) is 16.7. The van der Waals surface area contributed by atoms with Gasteiger partial charge in [0, 0.05) is 6.42 Å². The van der Waals surface area contributed by atoms with Gasteiger partial charge >= 0.3 is 0 Å². The van der Waals surface area contributed by atoms with Crippen molar-refractivity contribution in [2.45, 2.75) is 349 Å².